The standard InChI is InChI=1S/C21H25N5O2/c1-16-23-20(28-24-16)18-9-6-11-22-19(18)25(2)14-21(27)10-12-26(15-21)13-17-7-4-3-5-8-17/h3-9,11,27H,10,12-15H2,1-2H3. The van der Waals surface area contributed by atoms with Gasteiger partial charge in [-0.05, 0) is 31.0 Å². The molecule has 1 atom stereocenters. The summed E-state index contributed by atoms with van der Waals surface area (Å²) in [5, 5.41) is 15.0. The number of hydrogen-bond donors (Lipinski definition) is 1. The molecule has 3 aromatic rings. The van der Waals surface area contributed by atoms with Crippen molar-refractivity contribution in [2.45, 2.75) is 25.5 Å². The predicted octanol–water partition coefficient (Wildman–Crippen LogP) is 2.51. The Bertz CT molecular complexity index is 929. The lowest BCUT2D eigenvalue weighted by Crippen LogP contribution is -2.44. The van der Waals surface area contributed by atoms with Gasteiger partial charge in [0, 0.05) is 39.4 Å². The van der Waals surface area contributed by atoms with Gasteiger partial charge in [-0.15, -0.1) is 0 Å². The van der Waals surface area contributed by atoms with Crippen molar-refractivity contribution < 1.29 is 9.63 Å². The van der Waals surface area contributed by atoms with Crippen LogP contribution in [0.15, 0.2) is 53.2 Å². The number of aliphatic hydroxyl groups is 1. The van der Waals surface area contributed by atoms with Gasteiger partial charge in [-0.25, -0.2) is 4.98 Å². The van der Waals surface area contributed by atoms with E-state index in [0.29, 0.717) is 24.8 Å². The molecule has 0 spiro atoms. The SMILES string of the molecule is Cc1noc(-c2cccnc2N(C)CC2(O)CCN(Cc3ccccc3)C2)n1. The van der Waals surface area contributed by atoms with Gasteiger partial charge in [0.15, 0.2) is 5.82 Å². The second-order valence-corrected chi connectivity index (χ2v) is 7.55. The molecule has 1 N–H and O–H groups in total. The first-order valence-electron chi connectivity index (χ1n) is 9.48. The largest absolute Gasteiger partial charge is 0.387 e. The molecule has 146 valence electrons. The van der Waals surface area contributed by atoms with Crippen LogP contribution >= 0.6 is 0 Å². The topological polar surface area (TPSA) is 78.5 Å². The maximum Gasteiger partial charge on any atom is 0.261 e. The quantitative estimate of drug-likeness (QED) is 0.705. The highest BCUT2D eigenvalue weighted by Crippen LogP contribution is 2.30. The Morgan fingerprint density at radius 3 is 2.79 bits per heavy atom. The van der Waals surface area contributed by atoms with Crippen molar-refractivity contribution in [3.8, 4) is 11.5 Å². The number of anilines is 1. The number of aromatic nitrogens is 3. The van der Waals surface area contributed by atoms with Crippen LogP contribution in [0.1, 0.15) is 17.8 Å². The van der Waals surface area contributed by atoms with Crippen molar-refractivity contribution >= 4 is 5.82 Å². The van der Waals surface area contributed by atoms with Crippen molar-refractivity contribution in [2.75, 3.05) is 31.6 Å². The molecule has 0 bridgehead atoms. The molecule has 7 nitrogen and oxygen atoms in total. The van der Waals surface area contributed by atoms with Crippen LogP contribution in [0.4, 0.5) is 5.82 Å². The first kappa shape index (κ1) is 18.6. The fraction of sp³-hybridized carbons (Fsp3) is 0.381. The van der Waals surface area contributed by atoms with Crippen molar-refractivity contribution in [1.82, 2.24) is 20.0 Å². The van der Waals surface area contributed by atoms with Crippen LogP contribution in [0.3, 0.4) is 0 Å². The number of β-amino-alcohol motifs (C(OH)–C–C–N with tert-alkyl or cyclic N) is 1. The van der Waals surface area contributed by atoms with Crippen LogP contribution in [-0.4, -0.2) is 57.4 Å². The third kappa shape index (κ3) is 4.05. The van der Waals surface area contributed by atoms with E-state index in [2.05, 4.69) is 32.2 Å². The summed E-state index contributed by atoms with van der Waals surface area (Å²) >= 11 is 0. The van der Waals surface area contributed by atoms with E-state index in [1.54, 1.807) is 13.1 Å². The van der Waals surface area contributed by atoms with Gasteiger partial charge < -0.3 is 14.5 Å². The van der Waals surface area contributed by atoms with E-state index in [1.807, 2.05) is 42.3 Å². The van der Waals surface area contributed by atoms with Gasteiger partial charge in [-0.2, -0.15) is 4.98 Å². The summed E-state index contributed by atoms with van der Waals surface area (Å²) in [7, 11) is 1.94. The van der Waals surface area contributed by atoms with E-state index in [0.717, 1.165) is 30.9 Å². The first-order valence-corrected chi connectivity index (χ1v) is 9.48. The average Bonchev–Trinajstić information content (AvgIpc) is 3.28. The number of pyridine rings is 1. The normalized spacial score (nSPS) is 19.8. The second-order valence-electron chi connectivity index (χ2n) is 7.55. The molecule has 1 unspecified atom stereocenters. The van der Waals surface area contributed by atoms with Gasteiger partial charge >= 0.3 is 0 Å². The molecule has 1 aromatic carbocycles. The molecule has 0 saturated carbocycles. The van der Waals surface area contributed by atoms with E-state index >= 15 is 0 Å². The number of likely N-dealkylation sites (tertiary alicyclic amines) is 1. The zero-order valence-electron chi connectivity index (χ0n) is 16.2. The fourth-order valence-electron chi connectivity index (χ4n) is 3.84. The molecule has 1 aliphatic rings. The molecule has 7 heteroatoms. The minimum absolute atomic E-state index is 0.441. The number of aryl methyl sites for hydroxylation is 1. The van der Waals surface area contributed by atoms with Gasteiger partial charge in [0.1, 0.15) is 5.82 Å². The summed E-state index contributed by atoms with van der Waals surface area (Å²) in [6.45, 7) is 4.62. The van der Waals surface area contributed by atoms with E-state index in [9.17, 15) is 5.11 Å². The summed E-state index contributed by atoms with van der Waals surface area (Å²) in [5.41, 5.74) is 1.25. The molecule has 3 heterocycles. The summed E-state index contributed by atoms with van der Waals surface area (Å²) in [6.07, 6.45) is 2.46. The molecular formula is C21H25N5O2. The summed E-state index contributed by atoms with van der Waals surface area (Å²) in [5.74, 6) is 1.75. The summed E-state index contributed by atoms with van der Waals surface area (Å²) in [4.78, 5) is 13.1. The van der Waals surface area contributed by atoms with Crippen LogP contribution in [0.5, 0.6) is 0 Å². The molecule has 1 fully saturated rings. The molecule has 2 aromatic heterocycles. The zero-order chi connectivity index (χ0) is 19.6. The highest BCUT2D eigenvalue weighted by molar-refractivity contribution is 5.69. The van der Waals surface area contributed by atoms with E-state index in [-0.39, 0.29) is 0 Å². The highest BCUT2D eigenvalue weighted by atomic mass is 16.5. The second kappa shape index (κ2) is 7.69. The zero-order valence-corrected chi connectivity index (χ0v) is 16.2. The maximum absolute atomic E-state index is 11.2. The predicted molar refractivity (Wildman–Crippen MR) is 107 cm³/mol. The van der Waals surface area contributed by atoms with Crippen LogP contribution < -0.4 is 4.90 Å². The van der Waals surface area contributed by atoms with E-state index in [1.165, 1.54) is 5.56 Å². The Labute approximate surface area is 164 Å². The number of likely N-dealkylation sites (N-methyl/N-ethyl adjacent to an activating group) is 1. The van der Waals surface area contributed by atoms with Crippen LogP contribution in [-0.2, 0) is 6.54 Å². The van der Waals surface area contributed by atoms with Crippen LogP contribution in [0.2, 0.25) is 0 Å². The van der Waals surface area contributed by atoms with E-state index in [4.69, 9.17) is 4.52 Å². The third-order valence-electron chi connectivity index (χ3n) is 5.10. The van der Waals surface area contributed by atoms with Crippen LogP contribution in [0, 0.1) is 6.92 Å². The Kier molecular flexibility index (Phi) is 5.11. The highest BCUT2D eigenvalue weighted by Gasteiger charge is 2.37. The smallest absolute Gasteiger partial charge is 0.261 e. The molecule has 0 radical (unpaired) electrons. The number of benzene rings is 1. The summed E-state index contributed by atoms with van der Waals surface area (Å²) < 4.78 is 5.32. The minimum Gasteiger partial charge on any atom is -0.387 e. The molecular weight excluding hydrogens is 354 g/mol. The Morgan fingerprint density at radius 2 is 2.04 bits per heavy atom. The van der Waals surface area contributed by atoms with Crippen molar-refractivity contribution in [3.63, 3.8) is 0 Å². The molecule has 0 amide bonds. The number of hydrogen-bond acceptors (Lipinski definition) is 7. The molecule has 0 aliphatic carbocycles. The fourth-order valence-corrected chi connectivity index (χ4v) is 3.84. The lowest BCUT2D eigenvalue weighted by atomic mass is 10.0. The van der Waals surface area contributed by atoms with Gasteiger partial charge in [0.05, 0.1) is 11.2 Å². The number of nitrogens with zero attached hydrogens (tertiary/aromatic N) is 5. The van der Waals surface area contributed by atoms with Crippen molar-refractivity contribution in [2.24, 2.45) is 0 Å². The third-order valence-corrected chi connectivity index (χ3v) is 5.10. The molecule has 28 heavy (non-hydrogen) atoms. The monoisotopic (exact) mass is 379 g/mol. The molecule has 1 aliphatic heterocycles. The Balaban J connectivity index is 1.46. The first-order chi connectivity index (χ1) is 13.5. The average molecular weight is 379 g/mol. The van der Waals surface area contributed by atoms with E-state index < -0.39 is 5.60 Å². The van der Waals surface area contributed by atoms with Gasteiger partial charge in [-0.1, -0.05) is 35.5 Å². The molecule has 4 rings (SSSR count). The van der Waals surface area contributed by atoms with Gasteiger partial charge in [0.2, 0.25) is 0 Å². The minimum atomic E-state index is -0.789. The Hall–Kier alpha value is -2.77. The lowest BCUT2D eigenvalue weighted by molar-refractivity contribution is 0.0561. The number of rotatable bonds is 6. The van der Waals surface area contributed by atoms with Gasteiger partial charge in [-0.3, -0.25) is 4.90 Å². The van der Waals surface area contributed by atoms with Gasteiger partial charge in [0.25, 0.3) is 5.89 Å². The maximum atomic E-state index is 11.2. The van der Waals surface area contributed by atoms with Crippen molar-refractivity contribution in [1.29, 1.82) is 0 Å². The summed E-state index contributed by atoms with van der Waals surface area (Å²) in [6, 6.07) is 14.1. The van der Waals surface area contributed by atoms with Crippen LogP contribution in [0.25, 0.3) is 11.5 Å². The van der Waals surface area contributed by atoms with Crippen molar-refractivity contribution in [3.05, 3.63) is 60.0 Å². The lowest BCUT2D eigenvalue weighted by Gasteiger charge is -2.30. The molecule has 1 saturated heterocycles. The Morgan fingerprint density at radius 1 is 1.21 bits per heavy atom.